The van der Waals surface area contributed by atoms with Crippen LogP contribution < -0.4 is 15.5 Å². The smallest absolute Gasteiger partial charge is 0.251 e. The molecule has 3 unspecified atom stereocenters. The number of aliphatic hydroxyl groups excluding tert-OH is 1. The Morgan fingerprint density at radius 1 is 0.912 bits per heavy atom. The highest BCUT2D eigenvalue weighted by atomic mass is 35.5. The largest absolute Gasteiger partial charge is 0.374 e. The van der Waals surface area contributed by atoms with Crippen molar-refractivity contribution < 1.29 is 14.7 Å². The standard InChI is InChI=1S/C26H29ClN4O3/c27-20-15-28-23-14-17(9-12-19(20)23)26(34)30-22-5-3-4-21(22)29-25(33)16-7-10-18(11-8-16)31-13-2-1-6-24(31)32/h7-12,14-15,21-22,24,28,32H,1-6,13H2,(H,29,33)(H,30,34). The van der Waals surface area contributed by atoms with E-state index in [1.54, 1.807) is 30.5 Å². The maximum Gasteiger partial charge on any atom is 0.251 e. The van der Waals surface area contributed by atoms with Crippen molar-refractivity contribution in [3.63, 3.8) is 0 Å². The van der Waals surface area contributed by atoms with E-state index < -0.39 is 6.23 Å². The average Bonchev–Trinajstić information content (AvgIpc) is 3.45. The number of anilines is 1. The lowest BCUT2D eigenvalue weighted by molar-refractivity contribution is 0.0892. The van der Waals surface area contributed by atoms with Crippen molar-refractivity contribution in [3.05, 3.63) is 64.8 Å². The fraction of sp³-hybridized carbons (Fsp3) is 0.385. The predicted molar refractivity (Wildman–Crippen MR) is 133 cm³/mol. The lowest BCUT2D eigenvalue weighted by Gasteiger charge is -2.34. The Hall–Kier alpha value is -3.03. The molecule has 0 bridgehead atoms. The third kappa shape index (κ3) is 4.63. The molecule has 8 heteroatoms. The second-order valence-corrected chi connectivity index (χ2v) is 9.61. The summed E-state index contributed by atoms with van der Waals surface area (Å²) in [5, 5.41) is 17.9. The first-order valence-electron chi connectivity index (χ1n) is 11.9. The molecule has 7 nitrogen and oxygen atoms in total. The summed E-state index contributed by atoms with van der Waals surface area (Å²) >= 11 is 6.13. The molecule has 1 saturated heterocycles. The molecule has 4 N–H and O–H groups in total. The Labute approximate surface area is 203 Å². The minimum absolute atomic E-state index is 0.122. The maximum absolute atomic E-state index is 12.9. The van der Waals surface area contributed by atoms with Gasteiger partial charge in [0, 0.05) is 52.5 Å². The van der Waals surface area contributed by atoms with Crippen LogP contribution in [0, 0.1) is 0 Å². The number of H-pyrrole nitrogens is 1. The minimum Gasteiger partial charge on any atom is -0.374 e. The Balaban J connectivity index is 1.21. The Bertz CT molecular complexity index is 1190. The van der Waals surface area contributed by atoms with Gasteiger partial charge in [-0.25, -0.2) is 0 Å². The number of piperidine rings is 1. The van der Waals surface area contributed by atoms with Crippen molar-refractivity contribution in [3.8, 4) is 0 Å². The zero-order valence-electron chi connectivity index (χ0n) is 18.9. The van der Waals surface area contributed by atoms with Gasteiger partial charge >= 0.3 is 0 Å². The monoisotopic (exact) mass is 480 g/mol. The topological polar surface area (TPSA) is 97.5 Å². The van der Waals surface area contributed by atoms with E-state index in [1.165, 1.54) is 0 Å². The van der Waals surface area contributed by atoms with Crippen LogP contribution in [-0.4, -0.2) is 46.8 Å². The van der Waals surface area contributed by atoms with Crippen LogP contribution >= 0.6 is 11.6 Å². The number of rotatable bonds is 5. The number of aromatic amines is 1. The summed E-state index contributed by atoms with van der Waals surface area (Å²) in [6, 6.07) is 12.5. The Kier molecular flexibility index (Phi) is 6.48. The Morgan fingerprint density at radius 3 is 2.29 bits per heavy atom. The minimum atomic E-state index is -0.467. The summed E-state index contributed by atoms with van der Waals surface area (Å²) in [4.78, 5) is 30.8. The summed E-state index contributed by atoms with van der Waals surface area (Å²) in [5.74, 6) is -0.317. The number of hydrogen-bond acceptors (Lipinski definition) is 4. The first-order valence-corrected chi connectivity index (χ1v) is 12.3. The first-order chi connectivity index (χ1) is 16.5. The molecule has 2 amide bonds. The number of fused-ring (bicyclic) bond motifs is 1. The van der Waals surface area contributed by atoms with Gasteiger partial charge in [0.2, 0.25) is 0 Å². The summed E-state index contributed by atoms with van der Waals surface area (Å²) in [7, 11) is 0. The summed E-state index contributed by atoms with van der Waals surface area (Å²) in [6.45, 7) is 0.819. The molecule has 5 rings (SSSR count). The highest BCUT2D eigenvalue weighted by Crippen LogP contribution is 2.26. The van der Waals surface area contributed by atoms with Crippen LogP contribution in [0.3, 0.4) is 0 Å². The van der Waals surface area contributed by atoms with Gasteiger partial charge in [0.05, 0.1) is 5.02 Å². The molecule has 178 valence electrons. The molecule has 3 aromatic rings. The van der Waals surface area contributed by atoms with Crippen LogP contribution in [0.2, 0.25) is 5.02 Å². The number of aliphatic hydroxyl groups is 1. The van der Waals surface area contributed by atoms with Gasteiger partial charge in [0.15, 0.2) is 0 Å². The van der Waals surface area contributed by atoms with Crippen molar-refractivity contribution >= 4 is 40.0 Å². The number of amides is 2. The molecule has 1 saturated carbocycles. The number of halogens is 1. The van der Waals surface area contributed by atoms with Crippen molar-refractivity contribution in [2.24, 2.45) is 0 Å². The second-order valence-electron chi connectivity index (χ2n) is 9.20. The van der Waals surface area contributed by atoms with Gasteiger partial charge in [-0.2, -0.15) is 0 Å². The predicted octanol–water partition coefficient (Wildman–Crippen LogP) is 4.21. The Morgan fingerprint density at radius 2 is 1.59 bits per heavy atom. The van der Waals surface area contributed by atoms with E-state index in [-0.39, 0.29) is 23.9 Å². The van der Waals surface area contributed by atoms with E-state index in [1.807, 2.05) is 23.1 Å². The molecule has 0 spiro atoms. The average molecular weight is 481 g/mol. The molecule has 0 radical (unpaired) electrons. The second kappa shape index (κ2) is 9.68. The molecule has 34 heavy (non-hydrogen) atoms. The van der Waals surface area contributed by atoms with E-state index >= 15 is 0 Å². The third-order valence-corrected chi connectivity index (χ3v) is 7.29. The summed E-state index contributed by atoms with van der Waals surface area (Å²) < 4.78 is 0. The van der Waals surface area contributed by atoms with E-state index in [9.17, 15) is 14.7 Å². The van der Waals surface area contributed by atoms with E-state index in [0.29, 0.717) is 16.1 Å². The van der Waals surface area contributed by atoms with Gasteiger partial charge in [-0.05, 0) is 74.9 Å². The van der Waals surface area contributed by atoms with Crippen LogP contribution in [0.1, 0.15) is 59.2 Å². The zero-order valence-corrected chi connectivity index (χ0v) is 19.6. The van der Waals surface area contributed by atoms with Gasteiger partial charge in [0.25, 0.3) is 11.8 Å². The SMILES string of the molecule is O=C(NC1CCCC1NC(=O)c1ccc2c(Cl)c[nH]c2c1)c1ccc(N2CCCCC2O)cc1. The molecule has 1 aliphatic heterocycles. The number of carbonyl (C=O) groups excluding carboxylic acids is 2. The quantitative estimate of drug-likeness (QED) is 0.439. The van der Waals surface area contributed by atoms with Gasteiger partial charge in [-0.15, -0.1) is 0 Å². The molecule has 2 aliphatic rings. The number of carbonyl (C=O) groups is 2. The molecular weight excluding hydrogens is 452 g/mol. The van der Waals surface area contributed by atoms with Crippen molar-refractivity contribution in [2.75, 3.05) is 11.4 Å². The molecule has 2 fully saturated rings. The van der Waals surface area contributed by atoms with Crippen LogP contribution in [-0.2, 0) is 0 Å². The van der Waals surface area contributed by atoms with Crippen molar-refractivity contribution in [2.45, 2.75) is 56.8 Å². The number of nitrogens with zero attached hydrogens (tertiary/aromatic N) is 1. The summed E-state index contributed by atoms with van der Waals surface area (Å²) in [6.07, 6.45) is 6.67. The molecule has 2 aromatic carbocycles. The number of benzene rings is 2. The van der Waals surface area contributed by atoms with Gasteiger partial charge in [-0.3, -0.25) is 9.59 Å². The van der Waals surface area contributed by atoms with E-state index in [0.717, 1.165) is 61.7 Å². The normalized spacial score (nSPS) is 22.6. The molecule has 1 aliphatic carbocycles. The van der Waals surface area contributed by atoms with Crippen molar-refractivity contribution in [1.29, 1.82) is 0 Å². The zero-order chi connectivity index (χ0) is 23.7. The summed E-state index contributed by atoms with van der Waals surface area (Å²) in [5.41, 5.74) is 2.87. The lowest BCUT2D eigenvalue weighted by Crippen LogP contribution is -2.48. The van der Waals surface area contributed by atoms with Crippen LogP contribution in [0.4, 0.5) is 5.69 Å². The van der Waals surface area contributed by atoms with Crippen LogP contribution in [0.5, 0.6) is 0 Å². The van der Waals surface area contributed by atoms with E-state index in [2.05, 4.69) is 15.6 Å². The molecular formula is C26H29ClN4O3. The molecule has 3 atom stereocenters. The van der Waals surface area contributed by atoms with Gasteiger partial charge < -0.3 is 25.6 Å². The van der Waals surface area contributed by atoms with Crippen LogP contribution in [0.15, 0.2) is 48.7 Å². The van der Waals surface area contributed by atoms with Crippen molar-refractivity contribution in [1.82, 2.24) is 15.6 Å². The highest BCUT2D eigenvalue weighted by molar-refractivity contribution is 6.35. The van der Waals surface area contributed by atoms with Gasteiger partial charge in [0.1, 0.15) is 6.23 Å². The molecule has 1 aromatic heterocycles. The third-order valence-electron chi connectivity index (χ3n) is 6.97. The lowest BCUT2D eigenvalue weighted by atomic mass is 10.1. The number of hydrogen-bond donors (Lipinski definition) is 4. The fourth-order valence-electron chi connectivity index (χ4n) is 5.06. The highest BCUT2D eigenvalue weighted by Gasteiger charge is 2.30. The first kappa shape index (κ1) is 22.7. The molecule has 2 heterocycles. The maximum atomic E-state index is 12.9. The van der Waals surface area contributed by atoms with Crippen LogP contribution in [0.25, 0.3) is 10.9 Å². The fourth-order valence-corrected chi connectivity index (χ4v) is 5.28. The van der Waals surface area contributed by atoms with Gasteiger partial charge in [-0.1, -0.05) is 17.7 Å². The number of nitrogens with one attached hydrogen (secondary N) is 3. The number of aromatic nitrogens is 1. The van der Waals surface area contributed by atoms with E-state index in [4.69, 9.17) is 11.6 Å².